The Morgan fingerprint density at radius 2 is 1.95 bits per heavy atom. The highest BCUT2D eigenvalue weighted by Gasteiger charge is 2.20. The van der Waals surface area contributed by atoms with Gasteiger partial charge in [-0.2, -0.15) is 0 Å². The van der Waals surface area contributed by atoms with Crippen LogP contribution < -0.4 is 10.1 Å². The Morgan fingerprint density at radius 3 is 2.65 bits per heavy atom. The van der Waals surface area contributed by atoms with Crippen LogP contribution in [0.4, 0.5) is 0 Å². The Hall–Kier alpha value is -1.32. The highest BCUT2D eigenvalue weighted by Crippen LogP contribution is 2.29. The van der Waals surface area contributed by atoms with Gasteiger partial charge in [0.05, 0.1) is 7.11 Å². The minimum Gasteiger partial charge on any atom is -0.496 e. The number of hydrogen-bond acceptors (Lipinski definition) is 2. The fourth-order valence-electron chi connectivity index (χ4n) is 2.31. The summed E-state index contributed by atoms with van der Waals surface area (Å²) in [5, 5.41) is 3.55. The van der Waals surface area contributed by atoms with Crippen LogP contribution in [-0.4, -0.2) is 13.2 Å². The van der Waals surface area contributed by atoms with E-state index < -0.39 is 0 Å². The molecule has 0 aromatic heterocycles. The van der Waals surface area contributed by atoms with E-state index in [0.29, 0.717) is 6.04 Å². The summed E-state index contributed by atoms with van der Waals surface area (Å²) in [6.45, 7) is 0.871. The minimum absolute atomic E-state index is 0.703. The Balaban J connectivity index is 1.89. The van der Waals surface area contributed by atoms with Gasteiger partial charge in [0.25, 0.3) is 0 Å². The van der Waals surface area contributed by atoms with E-state index in [-0.39, 0.29) is 0 Å². The van der Waals surface area contributed by atoms with Crippen molar-refractivity contribution in [2.75, 3.05) is 7.11 Å². The standard InChI is InChI=1S/C17H18BrNO/c1-20-17-8-5-13(12-3-2-4-15(18)10-12)9-14(17)11-19-16-6-7-16/h2-5,8-10,16,19H,6-7,11H2,1H3. The normalized spacial score (nSPS) is 14.3. The van der Waals surface area contributed by atoms with E-state index in [1.807, 2.05) is 6.07 Å². The molecular weight excluding hydrogens is 314 g/mol. The van der Waals surface area contributed by atoms with Crippen molar-refractivity contribution in [3.05, 3.63) is 52.5 Å². The first kappa shape index (κ1) is 13.7. The van der Waals surface area contributed by atoms with Gasteiger partial charge in [-0.05, 0) is 48.2 Å². The molecule has 0 radical (unpaired) electrons. The van der Waals surface area contributed by atoms with Crippen molar-refractivity contribution in [3.63, 3.8) is 0 Å². The maximum atomic E-state index is 5.46. The smallest absolute Gasteiger partial charge is 0.123 e. The van der Waals surface area contributed by atoms with Gasteiger partial charge in [0.2, 0.25) is 0 Å². The maximum Gasteiger partial charge on any atom is 0.123 e. The number of halogens is 1. The van der Waals surface area contributed by atoms with Crippen LogP contribution in [0.5, 0.6) is 5.75 Å². The molecule has 1 aliphatic rings. The third-order valence-corrected chi connectivity index (χ3v) is 4.09. The van der Waals surface area contributed by atoms with Gasteiger partial charge in [-0.15, -0.1) is 0 Å². The zero-order valence-electron chi connectivity index (χ0n) is 11.5. The second kappa shape index (κ2) is 5.98. The fraction of sp³-hybridized carbons (Fsp3) is 0.294. The van der Waals surface area contributed by atoms with Gasteiger partial charge in [0, 0.05) is 22.6 Å². The molecule has 20 heavy (non-hydrogen) atoms. The molecule has 2 nitrogen and oxygen atoms in total. The molecule has 1 saturated carbocycles. The lowest BCUT2D eigenvalue weighted by Crippen LogP contribution is -2.15. The molecule has 104 valence electrons. The third kappa shape index (κ3) is 3.22. The molecule has 0 bridgehead atoms. The molecule has 0 spiro atoms. The van der Waals surface area contributed by atoms with Gasteiger partial charge in [0.1, 0.15) is 5.75 Å². The minimum atomic E-state index is 0.703. The molecule has 0 amide bonds. The lowest BCUT2D eigenvalue weighted by molar-refractivity contribution is 0.407. The lowest BCUT2D eigenvalue weighted by atomic mass is 10.0. The van der Waals surface area contributed by atoms with Crippen molar-refractivity contribution < 1.29 is 4.74 Å². The number of benzene rings is 2. The first-order valence-corrected chi connectivity index (χ1v) is 7.72. The van der Waals surface area contributed by atoms with E-state index in [9.17, 15) is 0 Å². The first-order chi connectivity index (χ1) is 9.76. The van der Waals surface area contributed by atoms with Gasteiger partial charge in [-0.3, -0.25) is 0 Å². The molecule has 0 atom stereocenters. The quantitative estimate of drug-likeness (QED) is 0.877. The van der Waals surface area contributed by atoms with Crippen LogP contribution in [0.25, 0.3) is 11.1 Å². The molecule has 0 saturated heterocycles. The van der Waals surface area contributed by atoms with Crippen molar-refractivity contribution in [2.24, 2.45) is 0 Å². The monoisotopic (exact) mass is 331 g/mol. The number of hydrogen-bond donors (Lipinski definition) is 1. The maximum absolute atomic E-state index is 5.46. The van der Waals surface area contributed by atoms with E-state index in [4.69, 9.17) is 4.74 Å². The van der Waals surface area contributed by atoms with Gasteiger partial charge >= 0.3 is 0 Å². The highest BCUT2D eigenvalue weighted by molar-refractivity contribution is 9.10. The molecule has 2 aromatic carbocycles. The van der Waals surface area contributed by atoms with Gasteiger partial charge < -0.3 is 10.1 Å². The summed E-state index contributed by atoms with van der Waals surface area (Å²) >= 11 is 3.53. The van der Waals surface area contributed by atoms with Gasteiger partial charge in [0.15, 0.2) is 0 Å². The van der Waals surface area contributed by atoms with Crippen molar-refractivity contribution >= 4 is 15.9 Å². The molecular formula is C17H18BrNO. The van der Waals surface area contributed by atoms with E-state index in [2.05, 4.69) is 57.6 Å². The Kier molecular flexibility index (Phi) is 4.08. The molecule has 0 heterocycles. The second-order valence-corrected chi connectivity index (χ2v) is 6.11. The zero-order chi connectivity index (χ0) is 13.9. The van der Waals surface area contributed by atoms with Gasteiger partial charge in [-0.25, -0.2) is 0 Å². The summed E-state index contributed by atoms with van der Waals surface area (Å²) in [5.74, 6) is 0.955. The van der Waals surface area contributed by atoms with E-state index >= 15 is 0 Å². The van der Waals surface area contributed by atoms with Crippen LogP contribution in [0.15, 0.2) is 46.9 Å². The van der Waals surface area contributed by atoms with Crippen LogP contribution >= 0.6 is 15.9 Å². The van der Waals surface area contributed by atoms with E-state index in [1.165, 1.54) is 29.5 Å². The van der Waals surface area contributed by atoms with Crippen LogP contribution in [-0.2, 0) is 6.54 Å². The summed E-state index contributed by atoms with van der Waals surface area (Å²) in [6, 6.07) is 15.5. The average Bonchev–Trinajstić information content (AvgIpc) is 3.29. The second-order valence-electron chi connectivity index (χ2n) is 5.19. The van der Waals surface area contributed by atoms with Crippen LogP contribution in [0.2, 0.25) is 0 Å². The Bertz CT molecular complexity index is 608. The van der Waals surface area contributed by atoms with Crippen LogP contribution in [0.3, 0.4) is 0 Å². The molecule has 1 aliphatic carbocycles. The van der Waals surface area contributed by atoms with E-state index in [0.717, 1.165) is 16.8 Å². The summed E-state index contributed by atoms with van der Waals surface area (Å²) in [5.41, 5.74) is 3.66. The number of methoxy groups -OCH3 is 1. The summed E-state index contributed by atoms with van der Waals surface area (Å²) < 4.78 is 6.56. The average molecular weight is 332 g/mol. The Morgan fingerprint density at radius 1 is 1.15 bits per heavy atom. The van der Waals surface area contributed by atoms with Crippen molar-refractivity contribution in [1.29, 1.82) is 0 Å². The molecule has 0 unspecified atom stereocenters. The predicted octanol–water partition coefficient (Wildman–Crippen LogP) is 4.38. The summed E-state index contributed by atoms with van der Waals surface area (Å²) in [7, 11) is 1.73. The molecule has 2 aromatic rings. The number of nitrogens with one attached hydrogen (secondary N) is 1. The van der Waals surface area contributed by atoms with Crippen molar-refractivity contribution in [1.82, 2.24) is 5.32 Å². The topological polar surface area (TPSA) is 21.3 Å². The molecule has 3 rings (SSSR count). The molecule has 1 N–H and O–H groups in total. The SMILES string of the molecule is COc1ccc(-c2cccc(Br)c2)cc1CNC1CC1. The highest BCUT2D eigenvalue weighted by atomic mass is 79.9. The van der Waals surface area contributed by atoms with Gasteiger partial charge in [-0.1, -0.05) is 34.1 Å². The predicted molar refractivity (Wildman–Crippen MR) is 86.0 cm³/mol. The Labute approximate surface area is 128 Å². The zero-order valence-corrected chi connectivity index (χ0v) is 13.1. The van der Waals surface area contributed by atoms with Crippen molar-refractivity contribution in [2.45, 2.75) is 25.4 Å². The lowest BCUT2D eigenvalue weighted by Gasteiger charge is -2.12. The van der Waals surface area contributed by atoms with E-state index in [1.54, 1.807) is 7.11 Å². The third-order valence-electron chi connectivity index (χ3n) is 3.60. The van der Waals surface area contributed by atoms with Crippen LogP contribution in [0.1, 0.15) is 18.4 Å². The van der Waals surface area contributed by atoms with Crippen LogP contribution in [0, 0.1) is 0 Å². The fourth-order valence-corrected chi connectivity index (χ4v) is 2.71. The molecule has 1 fully saturated rings. The van der Waals surface area contributed by atoms with Crippen molar-refractivity contribution in [3.8, 4) is 16.9 Å². The molecule has 3 heteroatoms. The number of rotatable bonds is 5. The first-order valence-electron chi connectivity index (χ1n) is 6.92. The summed E-state index contributed by atoms with van der Waals surface area (Å²) in [6.07, 6.45) is 2.60. The largest absolute Gasteiger partial charge is 0.496 e. The number of ether oxygens (including phenoxy) is 1. The molecule has 0 aliphatic heterocycles. The summed E-state index contributed by atoms with van der Waals surface area (Å²) in [4.78, 5) is 0.